The molecule has 0 radical (unpaired) electrons. The summed E-state index contributed by atoms with van der Waals surface area (Å²) >= 11 is 0. The van der Waals surface area contributed by atoms with Gasteiger partial charge in [-0.1, -0.05) is 30.3 Å². The van der Waals surface area contributed by atoms with Crippen molar-refractivity contribution in [1.29, 1.82) is 0 Å². The SMILES string of the molecule is CC(=Nc1c(C)cccc1C)c1ccccc1O. The van der Waals surface area contributed by atoms with Crippen molar-refractivity contribution in [2.24, 2.45) is 4.99 Å². The summed E-state index contributed by atoms with van der Waals surface area (Å²) in [4.78, 5) is 4.65. The van der Waals surface area contributed by atoms with Gasteiger partial charge in [0.15, 0.2) is 0 Å². The molecule has 0 atom stereocenters. The predicted octanol–water partition coefficient (Wildman–Crippen LogP) is 4.15. The van der Waals surface area contributed by atoms with E-state index in [1.54, 1.807) is 6.07 Å². The molecule has 0 saturated carbocycles. The van der Waals surface area contributed by atoms with E-state index >= 15 is 0 Å². The van der Waals surface area contributed by atoms with Crippen molar-refractivity contribution in [1.82, 2.24) is 0 Å². The molecule has 2 heteroatoms. The van der Waals surface area contributed by atoms with Crippen LogP contribution in [0.1, 0.15) is 23.6 Å². The second kappa shape index (κ2) is 5.05. The maximum atomic E-state index is 9.82. The number of aliphatic imine (C=N–C) groups is 1. The third-order valence-electron chi connectivity index (χ3n) is 3.01. The molecule has 1 N–H and O–H groups in total. The molecular weight excluding hydrogens is 222 g/mol. The Kier molecular flexibility index (Phi) is 3.47. The van der Waals surface area contributed by atoms with Gasteiger partial charge in [-0.15, -0.1) is 0 Å². The fourth-order valence-corrected chi connectivity index (χ4v) is 1.99. The summed E-state index contributed by atoms with van der Waals surface area (Å²) in [6.07, 6.45) is 0. The van der Waals surface area contributed by atoms with Gasteiger partial charge in [0.2, 0.25) is 0 Å². The van der Waals surface area contributed by atoms with Crippen LogP contribution in [0.2, 0.25) is 0 Å². The average Bonchev–Trinajstić information content (AvgIpc) is 2.34. The topological polar surface area (TPSA) is 32.6 Å². The van der Waals surface area contributed by atoms with Gasteiger partial charge < -0.3 is 5.11 Å². The highest BCUT2D eigenvalue weighted by molar-refractivity contribution is 6.02. The molecule has 0 saturated heterocycles. The Labute approximate surface area is 108 Å². The Morgan fingerprint density at radius 1 is 0.944 bits per heavy atom. The summed E-state index contributed by atoms with van der Waals surface area (Å²) in [5.41, 5.74) is 4.87. The van der Waals surface area contributed by atoms with Crippen LogP contribution < -0.4 is 0 Å². The molecule has 0 amide bonds. The van der Waals surface area contributed by atoms with Crippen LogP contribution in [0.15, 0.2) is 47.5 Å². The van der Waals surface area contributed by atoms with Crippen LogP contribution >= 0.6 is 0 Å². The lowest BCUT2D eigenvalue weighted by Gasteiger charge is -2.08. The van der Waals surface area contributed by atoms with E-state index in [0.717, 1.165) is 28.1 Å². The quantitative estimate of drug-likeness (QED) is 0.784. The summed E-state index contributed by atoms with van der Waals surface area (Å²) in [5.74, 6) is 0.269. The first-order chi connectivity index (χ1) is 8.59. The minimum absolute atomic E-state index is 0.269. The van der Waals surface area contributed by atoms with Crippen LogP contribution in [0.25, 0.3) is 0 Å². The van der Waals surface area contributed by atoms with Crippen LogP contribution in [0.4, 0.5) is 5.69 Å². The number of hydrogen-bond donors (Lipinski definition) is 1. The van der Waals surface area contributed by atoms with E-state index in [-0.39, 0.29) is 5.75 Å². The summed E-state index contributed by atoms with van der Waals surface area (Å²) in [7, 11) is 0. The van der Waals surface area contributed by atoms with Crippen LogP contribution in [0.5, 0.6) is 5.75 Å². The number of para-hydroxylation sites is 2. The summed E-state index contributed by atoms with van der Waals surface area (Å²) in [6.45, 7) is 6.01. The average molecular weight is 239 g/mol. The molecule has 2 aromatic carbocycles. The van der Waals surface area contributed by atoms with E-state index < -0.39 is 0 Å². The zero-order valence-corrected chi connectivity index (χ0v) is 10.9. The van der Waals surface area contributed by atoms with Crippen molar-refractivity contribution in [3.05, 3.63) is 59.2 Å². The van der Waals surface area contributed by atoms with E-state index in [0.29, 0.717) is 0 Å². The van der Waals surface area contributed by atoms with Gasteiger partial charge in [-0.05, 0) is 44.0 Å². The van der Waals surface area contributed by atoms with E-state index in [1.807, 2.05) is 57.2 Å². The van der Waals surface area contributed by atoms with Crippen molar-refractivity contribution >= 4 is 11.4 Å². The Morgan fingerprint density at radius 2 is 1.56 bits per heavy atom. The summed E-state index contributed by atoms with van der Waals surface area (Å²) in [6, 6.07) is 13.4. The molecule has 18 heavy (non-hydrogen) atoms. The molecule has 2 nitrogen and oxygen atoms in total. The highest BCUT2D eigenvalue weighted by Crippen LogP contribution is 2.25. The second-order valence-corrected chi connectivity index (χ2v) is 4.45. The Balaban J connectivity index is 2.49. The summed E-state index contributed by atoms with van der Waals surface area (Å²) < 4.78 is 0. The Hall–Kier alpha value is -2.09. The van der Waals surface area contributed by atoms with Gasteiger partial charge in [0.25, 0.3) is 0 Å². The number of benzene rings is 2. The summed E-state index contributed by atoms with van der Waals surface area (Å²) in [5, 5.41) is 9.82. The number of rotatable bonds is 2. The van der Waals surface area contributed by atoms with Crippen LogP contribution in [0, 0.1) is 13.8 Å². The van der Waals surface area contributed by atoms with Gasteiger partial charge in [0, 0.05) is 11.3 Å². The van der Waals surface area contributed by atoms with Crippen LogP contribution in [-0.2, 0) is 0 Å². The molecule has 0 aliphatic rings. The van der Waals surface area contributed by atoms with E-state index in [1.165, 1.54) is 0 Å². The standard InChI is InChI=1S/C16H17NO/c1-11-7-6-8-12(2)16(11)17-13(3)14-9-4-5-10-15(14)18/h4-10,18H,1-3H3. The van der Waals surface area contributed by atoms with E-state index in [2.05, 4.69) is 4.99 Å². The Morgan fingerprint density at radius 3 is 2.17 bits per heavy atom. The lowest BCUT2D eigenvalue weighted by Crippen LogP contribution is -1.95. The lowest BCUT2D eigenvalue weighted by atomic mass is 10.1. The zero-order valence-electron chi connectivity index (χ0n) is 10.9. The van der Waals surface area contributed by atoms with Gasteiger partial charge >= 0.3 is 0 Å². The van der Waals surface area contributed by atoms with Crippen molar-refractivity contribution < 1.29 is 5.11 Å². The van der Waals surface area contributed by atoms with Gasteiger partial charge in [-0.2, -0.15) is 0 Å². The number of nitrogens with zero attached hydrogens (tertiary/aromatic N) is 1. The smallest absolute Gasteiger partial charge is 0.124 e. The van der Waals surface area contributed by atoms with E-state index in [4.69, 9.17) is 0 Å². The first-order valence-electron chi connectivity index (χ1n) is 5.99. The fraction of sp³-hybridized carbons (Fsp3) is 0.188. The molecule has 92 valence electrons. The second-order valence-electron chi connectivity index (χ2n) is 4.45. The molecule has 0 aromatic heterocycles. The lowest BCUT2D eigenvalue weighted by molar-refractivity contribution is 0.474. The monoisotopic (exact) mass is 239 g/mol. The number of aryl methyl sites for hydroxylation is 2. The minimum atomic E-state index is 0.269. The number of phenolic OH excluding ortho intramolecular Hbond substituents is 1. The molecule has 0 heterocycles. The highest BCUT2D eigenvalue weighted by Gasteiger charge is 2.05. The number of phenols is 1. The minimum Gasteiger partial charge on any atom is -0.507 e. The molecular formula is C16H17NO. The molecule has 0 bridgehead atoms. The molecule has 0 unspecified atom stereocenters. The van der Waals surface area contributed by atoms with Crippen molar-refractivity contribution in [2.75, 3.05) is 0 Å². The van der Waals surface area contributed by atoms with Gasteiger partial charge in [0.05, 0.1) is 5.69 Å². The molecule has 0 spiro atoms. The third-order valence-corrected chi connectivity index (χ3v) is 3.01. The van der Waals surface area contributed by atoms with Crippen molar-refractivity contribution in [3.63, 3.8) is 0 Å². The first kappa shape index (κ1) is 12.4. The Bertz CT molecular complexity index is 580. The maximum Gasteiger partial charge on any atom is 0.124 e. The molecule has 0 aliphatic carbocycles. The zero-order chi connectivity index (χ0) is 13.1. The maximum absolute atomic E-state index is 9.82. The highest BCUT2D eigenvalue weighted by atomic mass is 16.3. The van der Waals surface area contributed by atoms with Gasteiger partial charge in [0.1, 0.15) is 5.75 Å². The van der Waals surface area contributed by atoms with Gasteiger partial charge in [-0.25, -0.2) is 0 Å². The van der Waals surface area contributed by atoms with Crippen LogP contribution in [0.3, 0.4) is 0 Å². The van der Waals surface area contributed by atoms with Crippen molar-refractivity contribution in [2.45, 2.75) is 20.8 Å². The fourth-order valence-electron chi connectivity index (χ4n) is 1.99. The number of hydrogen-bond acceptors (Lipinski definition) is 2. The first-order valence-corrected chi connectivity index (χ1v) is 5.99. The normalized spacial score (nSPS) is 11.6. The molecule has 2 aromatic rings. The molecule has 2 rings (SSSR count). The van der Waals surface area contributed by atoms with Crippen LogP contribution in [-0.4, -0.2) is 10.8 Å². The predicted molar refractivity (Wildman–Crippen MR) is 75.9 cm³/mol. The molecule has 0 aliphatic heterocycles. The van der Waals surface area contributed by atoms with Crippen molar-refractivity contribution in [3.8, 4) is 5.75 Å². The van der Waals surface area contributed by atoms with E-state index in [9.17, 15) is 5.11 Å². The molecule has 0 fully saturated rings. The van der Waals surface area contributed by atoms with Gasteiger partial charge in [-0.3, -0.25) is 4.99 Å². The third kappa shape index (κ3) is 2.43. The largest absolute Gasteiger partial charge is 0.507 e. The number of aromatic hydroxyl groups is 1.